The maximum atomic E-state index is 4.53. The van der Waals surface area contributed by atoms with Crippen molar-refractivity contribution in [3.8, 4) is 0 Å². The summed E-state index contributed by atoms with van der Waals surface area (Å²) in [5, 5.41) is 9.01. The summed E-state index contributed by atoms with van der Waals surface area (Å²) in [7, 11) is 2.13. The van der Waals surface area contributed by atoms with Crippen molar-refractivity contribution in [3.05, 3.63) is 29.9 Å². The molecule has 0 unspecified atom stereocenters. The molecule has 2 fully saturated rings. The minimum Gasteiger partial charge on any atom is -0.348 e. The van der Waals surface area contributed by atoms with Gasteiger partial charge in [0.25, 0.3) is 0 Å². The molecule has 2 aliphatic rings. The van der Waals surface area contributed by atoms with Crippen molar-refractivity contribution in [1.29, 1.82) is 0 Å². The number of nitrogens with zero attached hydrogens (tertiary/aromatic N) is 6. The molecule has 0 saturated carbocycles. The number of likely N-dealkylation sites (tertiary alicyclic amines) is 2. The fourth-order valence-electron chi connectivity index (χ4n) is 3.95. The second-order valence-corrected chi connectivity index (χ2v) is 7.10. The van der Waals surface area contributed by atoms with E-state index >= 15 is 0 Å². The summed E-state index contributed by atoms with van der Waals surface area (Å²) in [4.78, 5) is 12.5. The molecule has 0 spiro atoms. The van der Waals surface area contributed by atoms with Crippen LogP contribution in [0.5, 0.6) is 0 Å². The van der Waals surface area contributed by atoms with Crippen LogP contribution in [0, 0.1) is 0 Å². The highest BCUT2D eigenvalue weighted by atomic mass is 15.3. The molecule has 2 aliphatic heterocycles. The lowest BCUT2D eigenvalue weighted by Gasteiger charge is -2.30. The maximum Gasteiger partial charge on any atom is 0.146 e. The van der Waals surface area contributed by atoms with Gasteiger partial charge in [0.2, 0.25) is 0 Å². The molecule has 7 heteroatoms. The zero-order chi connectivity index (χ0) is 16.4. The van der Waals surface area contributed by atoms with Crippen molar-refractivity contribution < 1.29 is 0 Å². The van der Waals surface area contributed by atoms with E-state index in [1.54, 1.807) is 0 Å². The molecule has 0 atom stereocenters. The second kappa shape index (κ2) is 7.03. The average molecular weight is 329 g/mol. The van der Waals surface area contributed by atoms with Crippen LogP contribution in [-0.4, -0.2) is 60.7 Å². The van der Waals surface area contributed by atoms with Crippen molar-refractivity contribution in [2.45, 2.75) is 44.7 Å². The molecule has 130 valence electrons. The Balaban J connectivity index is 1.34. The van der Waals surface area contributed by atoms with Crippen LogP contribution in [0.2, 0.25) is 0 Å². The van der Waals surface area contributed by atoms with E-state index in [4.69, 9.17) is 0 Å². The fourth-order valence-corrected chi connectivity index (χ4v) is 3.95. The van der Waals surface area contributed by atoms with Crippen molar-refractivity contribution in [2.24, 2.45) is 7.05 Å². The van der Waals surface area contributed by atoms with Gasteiger partial charge in [-0.2, -0.15) is 0 Å². The number of imidazole rings is 1. The molecule has 0 amide bonds. The number of piperidine rings is 1. The molecule has 0 bridgehead atoms. The predicted octanol–water partition coefficient (Wildman–Crippen LogP) is 1.51. The third-order valence-electron chi connectivity index (χ3n) is 5.44. The van der Waals surface area contributed by atoms with Crippen molar-refractivity contribution in [2.75, 3.05) is 26.2 Å². The topological polar surface area (TPSA) is 65.9 Å². The first-order valence-corrected chi connectivity index (χ1v) is 9.11. The van der Waals surface area contributed by atoms with Crippen LogP contribution in [0.15, 0.2) is 12.4 Å². The molecule has 4 heterocycles. The van der Waals surface area contributed by atoms with E-state index in [-0.39, 0.29) is 0 Å². The minimum absolute atomic E-state index is 0.530. The Morgan fingerprint density at radius 1 is 1.04 bits per heavy atom. The van der Waals surface area contributed by atoms with Gasteiger partial charge < -0.3 is 9.55 Å². The Labute approximate surface area is 143 Å². The van der Waals surface area contributed by atoms with Crippen molar-refractivity contribution in [1.82, 2.24) is 34.5 Å². The Bertz CT molecular complexity index is 634. The van der Waals surface area contributed by atoms with E-state index in [1.165, 1.54) is 31.8 Å². The van der Waals surface area contributed by atoms with Crippen LogP contribution in [0.1, 0.15) is 49.1 Å². The van der Waals surface area contributed by atoms with Crippen LogP contribution in [0.4, 0.5) is 0 Å². The molecule has 2 saturated heterocycles. The van der Waals surface area contributed by atoms with Crippen LogP contribution in [-0.2, 0) is 20.1 Å². The quantitative estimate of drug-likeness (QED) is 0.901. The molecular weight excluding hydrogens is 302 g/mol. The fraction of sp³-hybridized carbons (Fsp3) is 0.706. The Morgan fingerprint density at radius 2 is 1.79 bits per heavy atom. The minimum atomic E-state index is 0.530. The Kier molecular flexibility index (Phi) is 4.62. The number of rotatable bonds is 5. The number of hydrogen-bond acceptors (Lipinski definition) is 5. The van der Waals surface area contributed by atoms with Crippen LogP contribution >= 0.6 is 0 Å². The van der Waals surface area contributed by atoms with Gasteiger partial charge in [0.05, 0.1) is 13.1 Å². The molecule has 2 aromatic rings. The summed E-state index contributed by atoms with van der Waals surface area (Å²) in [6.45, 7) is 6.46. The first-order valence-electron chi connectivity index (χ1n) is 9.11. The predicted molar refractivity (Wildman–Crippen MR) is 91.4 cm³/mol. The third-order valence-corrected chi connectivity index (χ3v) is 5.44. The van der Waals surface area contributed by atoms with Gasteiger partial charge in [-0.1, -0.05) is 0 Å². The highest BCUT2D eigenvalue weighted by Gasteiger charge is 2.26. The summed E-state index contributed by atoms with van der Waals surface area (Å²) in [6, 6.07) is 0. The summed E-state index contributed by atoms with van der Waals surface area (Å²) in [6.07, 6.45) is 8.65. The van der Waals surface area contributed by atoms with E-state index in [9.17, 15) is 0 Å². The molecule has 1 N–H and O–H groups in total. The SMILES string of the molecule is Cn1c(CN2CCCC2)nnc1C1CCN(Cc2ncc[nH]2)CC1. The summed E-state index contributed by atoms with van der Waals surface area (Å²) < 4.78 is 2.24. The number of hydrogen-bond donors (Lipinski definition) is 1. The molecule has 0 radical (unpaired) electrons. The van der Waals surface area contributed by atoms with Gasteiger partial charge in [-0.05, 0) is 51.9 Å². The molecule has 7 nitrogen and oxygen atoms in total. The molecule has 4 rings (SSSR count). The maximum absolute atomic E-state index is 4.53. The molecule has 0 aliphatic carbocycles. The van der Waals surface area contributed by atoms with E-state index in [0.717, 1.165) is 50.7 Å². The normalized spacial score (nSPS) is 20.9. The largest absolute Gasteiger partial charge is 0.348 e. The van der Waals surface area contributed by atoms with E-state index in [2.05, 4.69) is 41.6 Å². The summed E-state index contributed by atoms with van der Waals surface area (Å²) in [5.74, 6) is 3.87. The summed E-state index contributed by atoms with van der Waals surface area (Å²) >= 11 is 0. The van der Waals surface area contributed by atoms with E-state index in [0.29, 0.717) is 5.92 Å². The van der Waals surface area contributed by atoms with Gasteiger partial charge in [0.15, 0.2) is 0 Å². The Hall–Kier alpha value is -1.73. The first kappa shape index (κ1) is 15.8. The van der Waals surface area contributed by atoms with Gasteiger partial charge >= 0.3 is 0 Å². The van der Waals surface area contributed by atoms with Gasteiger partial charge in [-0.25, -0.2) is 4.98 Å². The number of nitrogens with one attached hydrogen (secondary N) is 1. The zero-order valence-electron chi connectivity index (χ0n) is 14.5. The first-order chi connectivity index (χ1) is 11.8. The lowest BCUT2D eigenvalue weighted by molar-refractivity contribution is 0.196. The average Bonchev–Trinajstić information content (AvgIpc) is 3.34. The van der Waals surface area contributed by atoms with Gasteiger partial charge in [0.1, 0.15) is 17.5 Å². The van der Waals surface area contributed by atoms with Crippen molar-refractivity contribution >= 4 is 0 Å². The lowest BCUT2D eigenvalue weighted by Crippen LogP contribution is -2.33. The molecule has 2 aromatic heterocycles. The van der Waals surface area contributed by atoms with E-state index in [1.807, 2.05) is 12.4 Å². The highest BCUT2D eigenvalue weighted by Crippen LogP contribution is 2.27. The highest BCUT2D eigenvalue weighted by molar-refractivity contribution is 5.04. The smallest absolute Gasteiger partial charge is 0.146 e. The van der Waals surface area contributed by atoms with Gasteiger partial charge in [0, 0.05) is 25.4 Å². The van der Waals surface area contributed by atoms with E-state index < -0.39 is 0 Å². The Morgan fingerprint density at radius 3 is 2.50 bits per heavy atom. The van der Waals surface area contributed by atoms with Crippen molar-refractivity contribution in [3.63, 3.8) is 0 Å². The summed E-state index contributed by atoms with van der Waals surface area (Å²) in [5.41, 5.74) is 0. The monoisotopic (exact) mass is 329 g/mol. The molecule has 0 aromatic carbocycles. The van der Waals surface area contributed by atoms with Crippen LogP contribution < -0.4 is 0 Å². The zero-order valence-corrected chi connectivity index (χ0v) is 14.5. The number of H-pyrrole nitrogens is 1. The third kappa shape index (κ3) is 3.37. The van der Waals surface area contributed by atoms with Crippen LogP contribution in [0.3, 0.4) is 0 Å². The van der Waals surface area contributed by atoms with Gasteiger partial charge in [-0.3, -0.25) is 9.80 Å². The number of aromatic nitrogens is 5. The van der Waals surface area contributed by atoms with Crippen LogP contribution in [0.25, 0.3) is 0 Å². The molecule has 24 heavy (non-hydrogen) atoms. The van der Waals surface area contributed by atoms with Gasteiger partial charge in [-0.15, -0.1) is 10.2 Å². The second-order valence-electron chi connectivity index (χ2n) is 7.10. The molecular formula is C17H27N7. The number of aromatic amines is 1. The standard InChI is InChI=1S/C17H27N7/c1-22-16(13-23-8-2-3-9-23)20-21-17(22)14-4-10-24(11-5-14)12-15-18-6-7-19-15/h6-7,14H,2-5,8-13H2,1H3,(H,18,19). The lowest BCUT2D eigenvalue weighted by atomic mass is 9.96.